The number of hydrogen-bond acceptors (Lipinski definition) is 3. The van der Waals surface area contributed by atoms with E-state index in [0.29, 0.717) is 6.54 Å². The smallest absolute Gasteiger partial charge is 0.164 e. The van der Waals surface area contributed by atoms with Crippen LogP contribution in [0.15, 0.2) is 24.3 Å². The minimum Gasteiger partial charge on any atom is -0.391 e. The Labute approximate surface area is 99.9 Å². The molecule has 1 aromatic carbocycles. The lowest BCUT2D eigenvalue weighted by Crippen LogP contribution is -2.24. The maximum atomic E-state index is 9.74. The monoisotopic (exact) mass is 229 g/mol. The van der Waals surface area contributed by atoms with Crippen LogP contribution in [0.5, 0.6) is 0 Å². The standard InChI is InChI=1S/C13H15N3O/c1-9-4-2-3-5-11(9)13-15-14-12-7-6-10(17)8-16(12)13/h2-5,10,17H,6-8H2,1H3. The first-order chi connectivity index (χ1) is 8.25. The second-order valence-electron chi connectivity index (χ2n) is 4.56. The Morgan fingerprint density at radius 3 is 2.94 bits per heavy atom. The summed E-state index contributed by atoms with van der Waals surface area (Å²) in [6, 6.07) is 8.13. The predicted octanol–water partition coefficient (Wildman–Crippen LogP) is 1.56. The van der Waals surface area contributed by atoms with Crippen molar-refractivity contribution in [1.82, 2.24) is 14.8 Å². The van der Waals surface area contributed by atoms with E-state index < -0.39 is 0 Å². The van der Waals surface area contributed by atoms with Gasteiger partial charge in [0.2, 0.25) is 0 Å². The van der Waals surface area contributed by atoms with Gasteiger partial charge in [0.1, 0.15) is 5.82 Å². The number of hydrogen-bond donors (Lipinski definition) is 1. The number of aliphatic hydroxyl groups is 1. The maximum absolute atomic E-state index is 9.74. The van der Waals surface area contributed by atoms with Gasteiger partial charge in [-0.1, -0.05) is 24.3 Å². The van der Waals surface area contributed by atoms with Crippen LogP contribution < -0.4 is 0 Å². The van der Waals surface area contributed by atoms with Gasteiger partial charge in [-0.25, -0.2) is 0 Å². The molecule has 17 heavy (non-hydrogen) atoms. The van der Waals surface area contributed by atoms with E-state index >= 15 is 0 Å². The highest BCUT2D eigenvalue weighted by molar-refractivity contribution is 5.60. The summed E-state index contributed by atoms with van der Waals surface area (Å²) in [6.45, 7) is 2.67. The first kappa shape index (κ1) is 10.5. The predicted molar refractivity (Wildman–Crippen MR) is 64.5 cm³/mol. The molecule has 1 unspecified atom stereocenters. The highest BCUT2D eigenvalue weighted by Gasteiger charge is 2.22. The Morgan fingerprint density at radius 1 is 1.29 bits per heavy atom. The summed E-state index contributed by atoms with van der Waals surface area (Å²) >= 11 is 0. The summed E-state index contributed by atoms with van der Waals surface area (Å²) in [5, 5.41) is 18.2. The molecule has 1 aliphatic heterocycles. The van der Waals surface area contributed by atoms with Crippen LogP contribution >= 0.6 is 0 Å². The summed E-state index contributed by atoms with van der Waals surface area (Å²) in [5.74, 6) is 1.85. The number of nitrogens with zero attached hydrogens (tertiary/aromatic N) is 3. The molecule has 0 radical (unpaired) electrons. The van der Waals surface area contributed by atoms with Crippen molar-refractivity contribution < 1.29 is 5.11 Å². The molecule has 4 nitrogen and oxygen atoms in total. The van der Waals surface area contributed by atoms with Gasteiger partial charge in [0.15, 0.2) is 5.82 Å². The quantitative estimate of drug-likeness (QED) is 0.807. The molecule has 4 heteroatoms. The largest absolute Gasteiger partial charge is 0.391 e. The van der Waals surface area contributed by atoms with Crippen LogP contribution in [0.25, 0.3) is 11.4 Å². The second kappa shape index (κ2) is 3.96. The van der Waals surface area contributed by atoms with Crippen molar-refractivity contribution in [3.63, 3.8) is 0 Å². The highest BCUT2D eigenvalue weighted by Crippen LogP contribution is 2.25. The molecule has 0 saturated carbocycles. The SMILES string of the molecule is Cc1ccccc1-c1nnc2n1CC(O)CC2. The van der Waals surface area contributed by atoms with Gasteiger partial charge in [0.25, 0.3) is 0 Å². The van der Waals surface area contributed by atoms with Crippen LogP contribution in [0.3, 0.4) is 0 Å². The van der Waals surface area contributed by atoms with Crippen molar-refractivity contribution in [3.8, 4) is 11.4 Å². The molecule has 1 aromatic heterocycles. The van der Waals surface area contributed by atoms with E-state index in [0.717, 1.165) is 30.1 Å². The van der Waals surface area contributed by atoms with Crippen molar-refractivity contribution in [1.29, 1.82) is 0 Å². The van der Waals surface area contributed by atoms with Crippen LogP contribution in [0, 0.1) is 6.92 Å². The van der Waals surface area contributed by atoms with Gasteiger partial charge in [-0.05, 0) is 18.9 Å². The summed E-state index contributed by atoms with van der Waals surface area (Å²) in [7, 11) is 0. The third-order valence-corrected chi connectivity index (χ3v) is 3.31. The molecule has 0 bridgehead atoms. The fourth-order valence-electron chi connectivity index (χ4n) is 2.33. The molecule has 0 spiro atoms. The normalized spacial score (nSPS) is 19.1. The lowest BCUT2D eigenvalue weighted by Gasteiger charge is -2.20. The number of benzene rings is 1. The Bertz CT molecular complexity index is 547. The van der Waals surface area contributed by atoms with Crippen LogP contribution in [0.4, 0.5) is 0 Å². The summed E-state index contributed by atoms with van der Waals surface area (Å²) in [6.07, 6.45) is 1.31. The van der Waals surface area contributed by atoms with Crippen LogP contribution in [0.2, 0.25) is 0 Å². The number of fused-ring (bicyclic) bond motifs is 1. The molecule has 0 fully saturated rings. The van der Waals surface area contributed by atoms with Crippen LogP contribution in [-0.2, 0) is 13.0 Å². The van der Waals surface area contributed by atoms with Gasteiger partial charge in [0.05, 0.1) is 12.6 Å². The topological polar surface area (TPSA) is 50.9 Å². The summed E-state index contributed by atoms with van der Waals surface area (Å²) in [5.41, 5.74) is 2.28. The molecule has 1 aliphatic rings. The van der Waals surface area contributed by atoms with Crippen molar-refractivity contribution in [3.05, 3.63) is 35.7 Å². The fourth-order valence-corrected chi connectivity index (χ4v) is 2.33. The second-order valence-corrected chi connectivity index (χ2v) is 4.56. The number of aliphatic hydroxyl groups excluding tert-OH is 1. The van der Waals surface area contributed by atoms with E-state index in [1.54, 1.807) is 0 Å². The fraction of sp³-hybridized carbons (Fsp3) is 0.385. The van der Waals surface area contributed by atoms with Crippen molar-refractivity contribution in [2.24, 2.45) is 0 Å². The molecule has 0 saturated heterocycles. The summed E-state index contributed by atoms with van der Waals surface area (Å²) < 4.78 is 2.04. The lowest BCUT2D eigenvalue weighted by atomic mass is 10.1. The van der Waals surface area contributed by atoms with Gasteiger partial charge >= 0.3 is 0 Å². The Kier molecular flexibility index (Phi) is 2.44. The molecular formula is C13H15N3O. The molecule has 2 heterocycles. The first-order valence-corrected chi connectivity index (χ1v) is 5.92. The lowest BCUT2D eigenvalue weighted by molar-refractivity contribution is 0.131. The first-order valence-electron chi connectivity index (χ1n) is 5.92. The Hall–Kier alpha value is -1.68. The zero-order chi connectivity index (χ0) is 11.8. The summed E-state index contributed by atoms with van der Waals surface area (Å²) in [4.78, 5) is 0. The molecule has 88 valence electrons. The number of aryl methyl sites for hydroxylation is 2. The van der Waals surface area contributed by atoms with Crippen molar-refractivity contribution in [2.45, 2.75) is 32.4 Å². The van der Waals surface area contributed by atoms with Gasteiger partial charge in [0, 0.05) is 12.0 Å². The molecular weight excluding hydrogens is 214 g/mol. The molecule has 1 atom stereocenters. The van der Waals surface area contributed by atoms with Gasteiger partial charge in [-0.2, -0.15) is 0 Å². The van der Waals surface area contributed by atoms with Crippen LogP contribution in [0.1, 0.15) is 17.8 Å². The minimum atomic E-state index is -0.277. The van der Waals surface area contributed by atoms with Gasteiger partial charge in [-0.15, -0.1) is 10.2 Å². The Morgan fingerprint density at radius 2 is 2.12 bits per heavy atom. The van der Waals surface area contributed by atoms with E-state index in [4.69, 9.17) is 0 Å². The third kappa shape index (κ3) is 1.74. The molecule has 0 aliphatic carbocycles. The van der Waals surface area contributed by atoms with E-state index in [9.17, 15) is 5.11 Å². The molecule has 1 N–H and O–H groups in total. The van der Waals surface area contributed by atoms with Crippen molar-refractivity contribution >= 4 is 0 Å². The van der Waals surface area contributed by atoms with Gasteiger partial charge < -0.3 is 9.67 Å². The average molecular weight is 229 g/mol. The number of rotatable bonds is 1. The third-order valence-electron chi connectivity index (χ3n) is 3.31. The van der Waals surface area contributed by atoms with E-state index in [2.05, 4.69) is 23.2 Å². The maximum Gasteiger partial charge on any atom is 0.164 e. The average Bonchev–Trinajstić information content (AvgIpc) is 2.72. The van der Waals surface area contributed by atoms with E-state index in [1.807, 2.05) is 22.8 Å². The molecule has 3 rings (SSSR count). The Balaban J connectivity index is 2.11. The zero-order valence-electron chi connectivity index (χ0n) is 9.80. The van der Waals surface area contributed by atoms with E-state index in [-0.39, 0.29) is 6.10 Å². The van der Waals surface area contributed by atoms with Crippen LogP contribution in [-0.4, -0.2) is 26.0 Å². The molecule has 0 amide bonds. The minimum absolute atomic E-state index is 0.277. The van der Waals surface area contributed by atoms with Crippen molar-refractivity contribution in [2.75, 3.05) is 0 Å². The highest BCUT2D eigenvalue weighted by atomic mass is 16.3. The van der Waals surface area contributed by atoms with Gasteiger partial charge in [-0.3, -0.25) is 0 Å². The van der Waals surface area contributed by atoms with E-state index in [1.165, 1.54) is 5.56 Å². The molecule has 2 aromatic rings. The zero-order valence-corrected chi connectivity index (χ0v) is 9.80. The number of aromatic nitrogens is 3.